The van der Waals surface area contributed by atoms with Crippen molar-refractivity contribution in [3.8, 4) is 106 Å². The van der Waals surface area contributed by atoms with Crippen molar-refractivity contribution in [2.24, 2.45) is 0 Å². The molecule has 33 rings (SSSR count). The molecule has 3 atom stereocenters. The van der Waals surface area contributed by atoms with Crippen molar-refractivity contribution < 1.29 is 0 Å². The van der Waals surface area contributed by atoms with Crippen molar-refractivity contribution >= 4 is 129 Å². The van der Waals surface area contributed by atoms with E-state index in [2.05, 4.69) is 523 Å². The zero-order valence-electron chi connectivity index (χ0n) is 80.4. The van der Waals surface area contributed by atoms with E-state index in [1.165, 1.54) is 296 Å². The van der Waals surface area contributed by atoms with Crippen LogP contribution in [0.3, 0.4) is 0 Å². The molecule has 4 heterocycles. The number of nitrogens with zero attached hydrogens (tertiary/aromatic N) is 3. The van der Waals surface area contributed by atoms with Crippen LogP contribution in [0.1, 0.15) is 90.1 Å². The number of fused-ring (bicyclic) bond motifs is 32. The van der Waals surface area contributed by atoms with Crippen LogP contribution in [0.15, 0.2) is 510 Å². The summed E-state index contributed by atoms with van der Waals surface area (Å²) in [7, 11) is 0. The summed E-state index contributed by atoms with van der Waals surface area (Å²) in [5.41, 5.74) is 50.3. The summed E-state index contributed by atoms with van der Waals surface area (Å²) in [5.74, 6) is 0.677. The molecule has 24 aromatic carbocycles. The molecule has 5 aliphatic carbocycles. The number of aromatic nitrogens is 3. The second kappa shape index (κ2) is 33.1. The molecule has 4 heteroatoms. The first-order valence-electron chi connectivity index (χ1n) is 51.5. The number of benzene rings is 24. The average Bonchev–Trinajstić information content (AvgIpc) is 1.55. The highest BCUT2D eigenvalue weighted by atomic mass is 32.1. The summed E-state index contributed by atoms with van der Waals surface area (Å²) in [6.45, 7) is 0. The lowest BCUT2D eigenvalue weighted by molar-refractivity contribution is 1.02. The molecular formula is C143H91N3S. The van der Waals surface area contributed by atoms with E-state index in [0.29, 0.717) is 0 Å². The average molecular weight is 1880 g/mol. The van der Waals surface area contributed by atoms with Crippen LogP contribution in [0.4, 0.5) is 0 Å². The quantitative estimate of drug-likeness (QED) is 0.137. The van der Waals surface area contributed by atoms with E-state index >= 15 is 0 Å². The fraction of sp³-hybridized carbons (Fsp3) is 0.0350. The molecule has 0 N–H and O–H groups in total. The zero-order valence-corrected chi connectivity index (χ0v) is 81.2. The summed E-state index contributed by atoms with van der Waals surface area (Å²) >= 11 is 1.90. The topological polar surface area (TPSA) is 14.8 Å². The van der Waals surface area contributed by atoms with Gasteiger partial charge >= 0.3 is 0 Å². The minimum Gasteiger partial charge on any atom is -0.309 e. The van der Waals surface area contributed by atoms with Gasteiger partial charge in [-0.3, -0.25) is 0 Å². The Labute approximate surface area is 855 Å². The molecule has 28 aromatic rings. The van der Waals surface area contributed by atoms with E-state index in [0.717, 1.165) is 12.8 Å². The largest absolute Gasteiger partial charge is 0.309 e. The van der Waals surface area contributed by atoms with Crippen molar-refractivity contribution in [3.63, 3.8) is 0 Å². The first-order chi connectivity index (χ1) is 72.9. The van der Waals surface area contributed by atoms with E-state index in [1.54, 1.807) is 0 Å². The normalized spacial score (nSPS) is 14.1. The van der Waals surface area contributed by atoms with Crippen LogP contribution in [0, 0.1) is 0 Å². The lowest BCUT2D eigenvalue weighted by atomic mass is 9.85. The Kier molecular flexibility index (Phi) is 18.8. The van der Waals surface area contributed by atoms with Crippen molar-refractivity contribution in [2.75, 3.05) is 0 Å². The smallest absolute Gasteiger partial charge is 0.0547 e. The third kappa shape index (κ3) is 12.9. The molecule has 147 heavy (non-hydrogen) atoms. The van der Waals surface area contributed by atoms with Gasteiger partial charge in [0.05, 0.1) is 44.5 Å². The predicted molar refractivity (Wildman–Crippen MR) is 619 cm³/mol. The standard InChI is InChI=1S/2C48H31N.C47H29NS/c1-2-12-31(13-3-1)47-39-19-9-8-18-37(39)41-27-32(21-23-40(41)47)33-22-25-45-43(28-33)48-42-29-34-14-5-6-16-35(34)38(42)24-26-46(48)49(45)44-20-10-15-30-11-4-7-17-36(30)44;1-2-12-31(13-3-1)46-39-19-9-8-18-38(39)41-28-32(21-24-40(41)46)33-22-25-44-42(29-33)48-45(26-23-35-27-34-14-5-7-17-37(34)47(35)48)49(44)43-20-10-15-30-11-4-6-16-36(30)43;1-2-13-32(14-3-1)48-43-19-8-6-16-34(43)40-26-31(22-24-44(40)48)30-21-23-37-38(25-30)39-28-46-41(35-17-7-9-20-45(35)49-46)27-42(39)47(37)36-18-10-12-29-11-4-5-15-33(29)36/h1-28,47H,29H2;1-26,28-29,46H,27H2;1-28,47H. The monoisotopic (exact) mass is 1880 g/mol. The number of rotatable bonds is 9. The van der Waals surface area contributed by atoms with Gasteiger partial charge in [-0.15, -0.1) is 11.3 Å². The van der Waals surface area contributed by atoms with Gasteiger partial charge in [-0.25, -0.2) is 0 Å². The Morgan fingerprint density at radius 2 is 0.585 bits per heavy atom. The summed E-state index contributed by atoms with van der Waals surface area (Å²) in [6, 6.07) is 190. The van der Waals surface area contributed by atoms with Gasteiger partial charge in [-0.1, -0.05) is 394 Å². The van der Waals surface area contributed by atoms with Crippen molar-refractivity contribution in [1.29, 1.82) is 0 Å². The maximum Gasteiger partial charge on any atom is 0.0547 e. The van der Waals surface area contributed by atoms with E-state index in [4.69, 9.17) is 0 Å². The van der Waals surface area contributed by atoms with Crippen LogP contribution in [-0.2, 0) is 12.8 Å². The highest BCUT2D eigenvalue weighted by Gasteiger charge is 2.37. The minimum absolute atomic E-state index is 0.166. The highest BCUT2D eigenvalue weighted by molar-refractivity contribution is 7.25. The Hall–Kier alpha value is -18.3. The minimum atomic E-state index is 0.166. The second-order valence-electron chi connectivity index (χ2n) is 40.5. The summed E-state index contributed by atoms with van der Waals surface area (Å²) in [5, 5.41) is 18.3. The predicted octanol–water partition coefficient (Wildman–Crippen LogP) is 37.8. The first-order valence-corrected chi connectivity index (χ1v) is 52.3. The van der Waals surface area contributed by atoms with Gasteiger partial charge in [0.15, 0.2) is 0 Å². The van der Waals surface area contributed by atoms with Crippen molar-refractivity contribution in [1.82, 2.24) is 13.7 Å². The van der Waals surface area contributed by atoms with E-state index < -0.39 is 0 Å². The lowest BCUT2D eigenvalue weighted by Gasteiger charge is -2.17. The van der Waals surface area contributed by atoms with Crippen molar-refractivity contribution in [3.05, 3.63) is 582 Å². The summed E-state index contributed by atoms with van der Waals surface area (Å²) in [6.07, 6.45) is 1.94. The van der Waals surface area contributed by atoms with E-state index in [-0.39, 0.29) is 17.8 Å². The molecule has 0 radical (unpaired) electrons. The maximum absolute atomic E-state index is 2.50. The number of hydrogen-bond donors (Lipinski definition) is 0. The van der Waals surface area contributed by atoms with Gasteiger partial charge in [0, 0.05) is 86.7 Å². The zero-order chi connectivity index (χ0) is 96.2. The molecule has 0 saturated heterocycles. The Bertz CT molecular complexity index is 10400. The molecule has 0 saturated carbocycles. The van der Waals surface area contributed by atoms with Crippen LogP contribution in [-0.4, -0.2) is 13.7 Å². The molecule has 0 bridgehead atoms. The van der Waals surface area contributed by atoms with Crippen LogP contribution < -0.4 is 0 Å². The van der Waals surface area contributed by atoms with Crippen LogP contribution in [0.25, 0.3) is 224 Å². The first kappa shape index (κ1) is 83.3. The molecule has 3 nitrogen and oxygen atoms in total. The highest BCUT2D eigenvalue weighted by Crippen LogP contribution is 2.58. The molecule has 0 aliphatic heterocycles. The van der Waals surface area contributed by atoms with Crippen LogP contribution >= 0.6 is 11.3 Å². The van der Waals surface area contributed by atoms with Crippen LogP contribution in [0.5, 0.6) is 0 Å². The van der Waals surface area contributed by atoms with Gasteiger partial charge in [-0.05, 0) is 311 Å². The van der Waals surface area contributed by atoms with E-state index in [1.807, 2.05) is 11.3 Å². The van der Waals surface area contributed by atoms with Gasteiger partial charge in [-0.2, -0.15) is 0 Å². The van der Waals surface area contributed by atoms with Gasteiger partial charge in [0.1, 0.15) is 0 Å². The number of hydrogen-bond acceptors (Lipinski definition) is 1. The Balaban J connectivity index is 0.0000000999. The summed E-state index contributed by atoms with van der Waals surface area (Å²) < 4.78 is 10.1. The molecule has 4 aromatic heterocycles. The third-order valence-electron chi connectivity index (χ3n) is 32.9. The molecule has 3 unspecified atom stereocenters. The molecular weight excluding hydrogens is 1790 g/mol. The molecule has 684 valence electrons. The van der Waals surface area contributed by atoms with Crippen LogP contribution in [0.2, 0.25) is 0 Å². The van der Waals surface area contributed by atoms with Gasteiger partial charge in [0.25, 0.3) is 0 Å². The third-order valence-corrected chi connectivity index (χ3v) is 34.0. The SMILES string of the molecule is c1ccc(-n2c3ccccc3c3cc(-c4ccc5c(c4)-c4cc6sc7ccccc7c6cc4C5c4cccc5ccccc45)ccc32)cc1.c1ccc(C2c3ccccc3-c3cc(-c4ccc5c(c4)c4c6c(ccc4n5-c4cccc5ccccc45)-c4ccccc4C6)ccc32)cc1.c1ccc(C2c3ccccc3-c3cc(-c4ccc5c(c4)c4c6c(ccc4n5-c4cccc5ccccc45)Cc4ccccc4-6)ccc32)cc1. The molecule has 0 fully saturated rings. The molecule has 0 amide bonds. The number of para-hydroxylation sites is 2. The Morgan fingerprint density at radius 3 is 1.20 bits per heavy atom. The fourth-order valence-electron chi connectivity index (χ4n) is 26.4. The number of thiophene rings is 1. The van der Waals surface area contributed by atoms with Gasteiger partial charge in [0.2, 0.25) is 0 Å². The maximum atomic E-state index is 2.50. The lowest BCUT2D eigenvalue weighted by Crippen LogP contribution is -2.00. The Morgan fingerprint density at radius 1 is 0.184 bits per heavy atom. The van der Waals surface area contributed by atoms with Gasteiger partial charge < -0.3 is 13.7 Å². The van der Waals surface area contributed by atoms with E-state index in [9.17, 15) is 0 Å². The molecule has 5 aliphatic rings. The second-order valence-corrected chi connectivity index (χ2v) is 41.6. The fourth-order valence-corrected chi connectivity index (χ4v) is 27.6. The summed E-state index contributed by atoms with van der Waals surface area (Å²) in [4.78, 5) is 0. The molecule has 0 spiro atoms. The van der Waals surface area contributed by atoms with Crippen molar-refractivity contribution in [2.45, 2.75) is 30.6 Å².